The van der Waals surface area contributed by atoms with Gasteiger partial charge < -0.3 is 9.84 Å². The van der Waals surface area contributed by atoms with Gasteiger partial charge in [-0.25, -0.2) is 0 Å². The Labute approximate surface area is 114 Å². The van der Waals surface area contributed by atoms with Crippen LogP contribution in [-0.4, -0.2) is 37.2 Å². The van der Waals surface area contributed by atoms with E-state index in [1.807, 2.05) is 31.1 Å². The van der Waals surface area contributed by atoms with E-state index in [2.05, 4.69) is 6.07 Å². The first kappa shape index (κ1) is 13.9. The molecule has 0 aliphatic heterocycles. The topological polar surface area (TPSA) is 49.8 Å². The number of carbonyl (C=O) groups is 1. The molecule has 4 nitrogen and oxygen atoms in total. The van der Waals surface area contributed by atoms with Crippen LogP contribution < -0.4 is 4.74 Å². The van der Waals surface area contributed by atoms with E-state index in [0.717, 1.165) is 30.6 Å². The molecule has 0 heterocycles. The number of hydrogen-bond acceptors (Lipinski definition) is 3. The molecule has 4 heteroatoms. The minimum atomic E-state index is -0.760. The molecule has 19 heavy (non-hydrogen) atoms. The Kier molecular flexibility index (Phi) is 3.80. The SMILES string of the molecule is COc1ccc2c(c1)C(CC(=O)O)(N(C)C)CCC2. The first-order valence-corrected chi connectivity index (χ1v) is 6.56. The largest absolute Gasteiger partial charge is 0.497 e. The van der Waals surface area contributed by atoms with Gasteiger partial charge in [-0.2, -0.15) is 0 Å². The molecule has 0 saturated carbocycles. The number of nitrogens with zero attached hydrogens (tertiary/aromatic N) is 1. The van der Waals surface area contributed by atoms with Crippen molar-refractivity contribution in [2.45, 2.75) is 31.2 Å². The minimum absolute atomic E-state index is 0.125. The summed E-state index contributed by atoms with van der Waals surface area (Å²) in [5.74, 6) is 0.0293. The molecule has 104 valence electrons. The third kappa shape index (κ3) is 2.45. The molecule has 1 aliphatic carbocycles. The maximum Gasteiger partial charge on any atom is 0.305 e. The van der Waals surface area contributed by atoms with E-state index in [0.29, 0.717) is 0 Å². The summed E-state index contributed by atoms with van der Waals surface area (Å²) in [5.41, 5.74) is 1.92. The van der Waals surface area contributed by atoms with Gasteiger partial charge in [-0.05, 0) is 56.6 Å². The van der Waals surface area contributed by atoms with Crippen molar-refractivity contribution in [3.05, 3.63) is 29.3 Å². The van der Waals surface area contributed by atoms with Crippen LogP contribution in [0.15, 0.2) is 18.2 Å². The number of aryl methyl sites for hydroxylation is 1. The van der Waals surface area contributed by atoms with Crippen molar-refractivity contribution >= 4 is 5.97 Å². The number of hydrogen-bond donors (Lipinski definition) is 1. The second-order valence-electron chi connectivity index (χ2n) is 5.37. The molecular weight excluding hydrogens is 242 g/mol. The van der Waals surface area contributed by atoms with Crippen molar-refractivity contribution in [1.82, 2.24) is 4.90 Å². The average Bonchev–Trinajstić information content (AvgIpc) is 2.37. The molecule has 0 bridgehead atoms. The number of methoxy groups -OCH3 is 1. The smallest absolute Gasteiger partial charge is 0.305 e. The van der Waals surface area contributed by atoms with Gasteiger partial charge in [-0.3, -0.25) is 9.69 Å². The fraction of sp³-hybridized carbons (Fsp3) is 0.533. The zero-order valence-corrected chi connectivity index (χ0v) is 11.8. The van der Waals surface area contributed by atoms with E-state index in [9.17, 15) is 9.90 Å². The third-order valence-corrected chi connectivity index (χ3v) is 4.15. The van der Waals surface area contributed by atoms with Crippen LogP contribution in [0.2, 0.25) is 0 Å². The highest BCUT2D eigenvalue weighted by molar-refractivity contribution is 5.69. The van der Waals surface area contributed by atoms with E-state index < -0.39 is 11.5 Å². The number of rotatable bonds is 4. The highest BCUT2D eigenvalue weighted by Gasteiger charge is 2.40. The van der Waals surface area contributed by atoms with Crippen LogP contribution in [0.25, 0.3) is 0 Å². The lowest BCUT2D eigenvalue weighted by atomic mass is 9.73. The number of ether oxygens (including phenoxy) is 1. The van der Waals surface area contributed by atoms with E-state index >= 15 is 0 Å². The van der Waals surface area contributed by atoms with Crippen LogP contribution in [0.4, 0.5) is 0 Å². The number of carboxylic acid groups (broad SMARTS) is 1. The summed E-state index contributed by atoms with van der Waals surface area (Å²) in [6, 6.07) is 6.01. The second-order valence-corrected chi connectivity index (χ2v) is 5.37. The van der Waals surface area contributed by atoms with Gasteiger partial charge in [0.05, 0.1) is 19.1 Å². The van der Waals surface area contributed by atoms with Crippen LogP contribution in [0, 0.1) is 0 Å². The molecule has 1 N–H and O–H groups in total. The molecule has 0 fully saturated rings. The van der Waals surface area contributed by atoms with Gasteiger partial charge in [0.25, 0.3) is 0 Å². The molecule has 1 atom stereocenters. The van der Waals surface area contributed by atoms with Crippen LogP contribution in [-0.2, 0) is 16.8 Å². The monoisotopic (exact) mass is 263 g/mol. The molecule has 0 radical (unpaired) electrons. The summed E-state index contributed by atoms with van der Waals surface area (Å²) in [6.07, 6.45) is 3.02. The van der Waals surface area contributed by atoms with Gasteiger partial charge in [0.2, 0.25) is 0 Å². The van der Waals surface area contributed by atoms with Crippen LogP contribution >= 0.6 is 0 Å². The maximum absolute atomic E-state index is 11.3. The summed E-state index contributed by atoms with van der Waals surface area (Å²) in [4.78, 5) is 13.3. The molecular formula is C15H21NO3. The Bertz CT molecular complexity index is 484. The summed E-state index contributed by atoms with van der Waals surface area (Å²) >= 11 is 0. The van der Waals surface area contributed by atoms with E-state index in [1.165, 1.54) is 5.56 Å². The van der Waals surface area contributed by atoms with Crippen molar-refractivity contribution < 1.29 is 14.6 Å². The normalized spacial score (nSPS) is 22.1. The van der Waals surface area contributed by atoms with Gasteiger partial charge >= 0.3 is 5.97 Å². The average molecular weight is 263 g/mol. The summed E-state index contributed by atoms with van der Waals surface area (Å²) in [7, 11) is 5.55. The van der Waals surface area contributed by atoms with Crippen molar-refractivity contribution in [2.75, 3.05) is 21.2 Å². The highest BCUT2D eigenvalue weighted by Crippen LogP contribution is 2.42. The molecule has 1 aliphatic rings. The summed E-state index contributed by atoms with van der Waals surface area (Å²) in [6.45, 7) is 0. The zero-order valence-electron chi connectivity index (χ0n) is 11.8. The summed E-state index contributed by atoms with van der Waals surface area (Å²) < 4.78 is 5.29. The van der Waals surface area contributed by atoms with E-state index in [-0.39, 0.29) is 6.42 Å². The van der Waals surface area contributed by atoms with E-state index in [1.54, 1.807) is 7.11 Å². The Morgan fingerprint density at radius 2 is 2.21 bits per heavy atom. The third-order valence-electron chi connectivity index (χ3n) is 4.15. The number of aliphatic carboxylic acids is 1. The van der Waals surface area contributed by atoms with Crippen molar-refractivity contribution in [1.29, 1.82) is 0 Å². The van der Waals surface area contributed by atoms with Crippen molar-refractivity contribution in [3.8, 4) is 5.75 Å². The number of fused-ring (bicyclic) bond motifs is 1. The second kappa shape index (κ2) is 5.21. The standard InChI is InChI=1S/C15H21NO3/c1-16(2)15(10-14(17)18)8-4-5-11-6-7-12(19-3)9-13(11)15/h6-7,9H,4-5,8,10H2,1-3H3,(H,17,18). The molecule has 1 aromatic carbocycles. The van der Waals surface area contributed by atoms with E-state index in [4.69, 9.17) is 4.74 Å². The molecule has 0 amide bonds. The predicted octanol–water partition coefficient (Wildman–Crippen LogP) is 2.26. The lowest BCUT2D eigenvalue weighted by Crippen LogP contribution is -2.45. The lowest BCUT2D eigenvalue weighted by molar-refractivity contribution is -0.140. The molecule has 0 aromatic heterocycles. The minimum Gasteiger partial charge on any atom is -0.497 e. The Morgan fingerprint density at radius 3 is 2.79 bits per heavy atom. The molecule has 2 rings (SSSR count). The van der Waals surface area contributed by atoms with Gasteiger partial charge in [0.1, 0.15) is 5.75 Å². The Balaban J connectivity index is 2.55. The predicted molar refractivity (Wildman–Crippen MR) is 73.5 cm³/mol. The van der Waals surface area contributed by atoms with Gasteiger partial charge in [-0.15, -0.1) is 0 Å². The molecule has 1 aromatic rings. The number of benzene rings is 1. The lowest BCUT2D eigenvalue weighted by Gasteiger charge is -2.43. The van der Waals surface area contributed by atoms with Crippen LogP contribution in [0.1, 0.15) is 30.4 Å². The Hall–Kier alpha value is -1.55. The fourth-order valence-electron chi connectivity index (χ4n) is 3.10. The molecule has 0 spiro atoms. The maximum atomic E-state index is 11.3. The first-order chi connectivity index (χ1) is 8.99. The Morgan fingerprint density at radius 1 is 1.47 bits per heavy atom. The quantitative estimate of drug-likeness (QED) is 0.905. The van der Waals surface area contributed by atoms with Crippen molar-refractivity contribution in [2.24, 2.45) is 0 Å². The zero-order chi connectivity index (χ0) is 14.0. The van der Waals surface area contributed by atoms with Gasteiger partial charge in [0.15, 0.2) is 0 Å². The van der Waals surface area contributed by atoms with Crippen LogP contribution in [0.5, 0.6) is 5.75 Å². The molecule has 1 unspecified atom stereocenters. The van der Waals surface area contributed by atoms with Gasteiger partial charge in [-0.1, -0.05) is 6.07 Å². The molecule has 0 saturated heterocycles. The van der Waals surface area contributed by atoms with Gasteiger partial charge in [0, 0.05) is 0 Å². The summed E-state index contributed by atoms with van der Waals surface area (Å²) in [5, 5.41) is 9.27. The van der Waals surface area contributed by atoms with Crippen LogP contribution in [0.3, 0.4) is 0 Å². The fourth-order valence-corrected chi connectivity index (χ4v) is 3.10. The first-order valence-electron chi connectivity index (χ1n) is 6.56. The highest BCUT2D eigenvalue weighted by atomic mass is 16.5. The van der Waals surface area contributed by atoms with Crippen molar-refractivity contribution in [3.63, 3.8) is 0 Å². The number of carboxylic acids is 1.